The van der Waals surface area contributed by atoms with Crippen molar-refractivity contribution in [1.82, 2.24) is 0 Å². The molecule has 0 aliphatic heterocycles. The van der Waals surface area contributed by atoms with Gasteiger partial charge in [0.25, 0.3) is 0 Å². The van der Waals surface area contributed by atoms with Gasteiger partial charge in [-0.15, -0.1) is 11.8 Å². The first-order chi connectivity index (χ1) is 11.6. The second-order valence-electron chi connectivity index (χ2n) is 4.88. The summed E-state index contributed by atoms with van der Waals surface area (Å²) in [5, 5.41) is 0. The van der Waals surface area contributed by atoms with Crippen molar-refractivity contribution in [3.63, 3.8) is 0 Å². The van der Waals surface area contributed by atoms with Crippen LogP contribution in [0.15, 0.2) is 47.4 Å². The molecule has 0 heterocycles. The topological polar surface area (TPSA) is 44.8 Å². The number of rotatable bonds is 7. The number of ketones is 1. The Balaban J connectivity index is 2.29. The second-order valence-corrected chi connectivity index (χ2v) is 5.73. The van der Waals surface area contributed by atoms with Crippen LogP contribution in [0.5, 0.6) is 17.2 Å². The highest BCUT2D eigenvalue weighted by Gasteiger charge is 2.15. The summed E-state index contributed by atoms with van der Waals surface area (Å²) >= 11 is 1.54. The molecule has 0 aromatic heterocycles. The Bertz CT molecular complexity index is 736. The lowest BCUT2D eigenvalue weighted by molar-refractivity contribution is 0.104. The lowest BCUT2D eigenvalue weighted by Gasteiger charge is -2.12. The summed E-state index contributed by atoms with van der Waals surface area (Å²) in [6.45, 7) is 0. The largest absolute Gasteiger partial charge is 0.497 e. The van der Waals surface area contributed by atoms with Crippen molar-refractivity contribution in [2.45, 2.75) is 4.90 Å². The fourth-order valence-electron chi connectivity index (χ4n) is 2.20. The minimum absolute atomic E-state index is 0.145. The Morgan fingerprint density at radius 1 is 0.958 bits per heavy atom. The lowest BCUT2D eigenvalue weighted by Crippen LogP contribution is -2.01. The fraction of sp³-hybridized carbons (Fsp3) is 0.211. The van der Waals surface area contributed by atoms with Gasteiger partial charge in [0.2, 0.25) is 0 Å². The maximum atomic E-state index is 12.5. The highest BCUT2D eigenvalue weighted by molar-refractivity contribution is 7.98. The summed E-state index contributed by atoms with van der Waals surface area (Å²) < 4.78 is 15.8. The molecule has 0 aliphatic rings. The molecular formula is C19H20O4S. The van der Waals surface area contributed by atoms with E-state index >= 15 is 0 Å². The zero-order valence-corrected chi connectivity index (χ0v) is 15.0. The van der Waals surface area contributed by atoms with Gasteiger partial charge < -0.3 is 14.2 Å². The van der Waals surface area contributed by atoms with Gasteiger partial charge in [-0.3, -0.25) is 4.79 Å². The Hall–Kier alpha value is -2.40. The number of hydrogen-bond acceptors (Lipinski definition) is 5. The number of ether oxygens (including phenoxy) is 3. The van der Waals surface area contributed by atoms with Crippen molar-refractivity contribution in [2.24, 2.45) is 0 Å². The van der Waals surface area contributed by atoms with E-state index in [-0.39, 0.29) is 5.78 Å². The van der Waals surface area contributed by atoms with E-state index < -0.39 is 0 Å². The molecule has 0 spiro atoms. The summed E-state index contributed by atoms with van der Waals surface area (Å²) in [5.74, 6) is 1.82. The van der Waals surface area contributed by atoms with E-state index in [1.165, 1.54) is 17.8 Å². The normalized spacial score (nSPS) is 10.7. The van der Waals surface area contributed by atoms with Crippen molar-refractivity contribution in [3.8, 4) is 17.2 Å². The number of carbonyl (C=O) groups excluding carboxylic acids is 1. The van der Waals surface area contributed by atoms with Crippen LogP contribution in [0.2, 0.25) is 0 Å². The van der Waals surface area contributed by atoms with Gasteiger partial charge >= 0.3 is 0 Å². The molecule has 2 rings (SSSR count). The van der Waals surface area contributed by atoms with Crippen LogP contribution in [0.1, 0.15) is 15.9 Å². The summed E-state index contributed by atoms with van der Waals surface area (Å²) in [4.78, 5) is 13.5. The number of thioether (sulfide) groups is 1. The van der Waals surface area contributed by atoms with E-state index in [0.29, 0.717) is 17.1 Å². The van der Waals surface area contributed by atoms with Crippen molar-refractivity contribution >= 4 is 23.6 Å². The molecule has 0 fully saturated rings. The maximum absolute atomic E-state index is 12.5. The molecule has 0 radical (unpaired) electrons. The molecule has 5 heteroatoms. The van der Waals surface area contributed by atoms with Crippen LogP contribution < -0.4 is 14.2 Å². The first-order valence-corrected chi connectivity index (χ1v) is 8.52. The van der Waals surface area contributed by atoms with Crippen molar-refractivity contribution in [3.05, 3.63) is 53.6 Å². The molecule has 2 aromatic rings. The molecule has 0 atom stereocenters. The highest BCUT2D eigenvalue weighted by atomic mass is 32.2. The maximum Gasteiger partial charge on any atom is 0.189 e. The predicted molar refractivity (Wildman–Crippen MR) is 97.7 cm³/mol. The minimum Gasteiger partial charge on any atom is -0.497 e. The molecule has 0 amide bonds. The Morgan fingerprint density at radius 2 is 1.62 bits per heavy atom. The molecule has 126 valence electrons. The molecular weight excluding hydrogens is 324 g/mol. The quantitative estimate of drug-likeness (QED) is 0.425. The highest BCUT2D eigenvalue weighted by Crippen LogP contribution is 2.34. The first-order valence-electron chi connectivity index (χ1n) is 7.29. The lowest BCUT2D eigenvalue weighted by atomic mass is 10.1. The third kappa shape index (κ3) is 4.11. The van der Waals surface area contributed by atoms with Crippen LogP contribution in [0.3, 0.4) is 0 Å². The van der Waals surface area contributed by atoms with E-state index in [9.17, 15) is 4.79 Å². The molecule has 0 N–H and O–H groups in total. The summed E-state index contributed by atoms with van der Waals surface area (Å²) in [6.07, 6.45) is 5.23. The Morgan fingerprint density at radius 3 is 2.17 bits per heavy atom. The van der Waals surface area contributed by atoms with Gasteiger partial charge in [0.05, 0.1) is 31.8 Å². The van der Waals surface area contributed by atoms with Crippen LogP contribution in [0.25, 0.3) is 6.08 Å². The number of benzene rings is 2. The van der Waals surface area contributed by atoms with E-state index in [1.54, 1.807) is 33.5 Å². The van der Waals surface area contributed by atoms with Crippen LogP contribution in [-0.2, 0) is 0 Å². The molecule has 0 saturated carbocycles. The van der Waals surface area contributed by atoms with Crippen molar-refractivity contribution in [1.29, 1.82) is 0 Å². The van der Waals surface area contributed by atoms with E-state index in [1.807, 2.05) is 36.6 Å². The average molecular weight is 344 g/mol. The minimum atomic E-state index is -0.145. The van der Waals surface area contributed by atoms with Gasteiger partial charge in [0.1, 0.15) is 17.2 Å². The summed E-state index contributed by atoms with van der Waals surface area (Å²) in [6, 6.07) is 11.0. The summed E-state index contributed by atoms with van der Waals surface area (Å²) in [5.41, 5.74) is 1.38. The van der Waals surface area contributed by atoms with Gasteiger partial charge in [-0.05, 0) is 42.2 Å². The molecule has 0 unspecified atom stereocenters. The zero-order chi connectivity index (χ0) is 17.5. The predicted octanol–water partition coefficient (Wildman–Crippen LogP) is 4.33. The monoisotopic (exact) mass is 344 g/mol. The fourth-order valence-corrected chi connectivity index (χ4v) is 2.77. The SMILES string of the molecule is COc1ccc(/C=C/C(=O)c2cc(OC)c(SC)cc2OC)cc1. The van der Waals surface area contributed by atoms with Crippen molar-refractivity contribution in [2.75, 3.05) is 27.6 Å². The van der Waals surface area contributed by atoms with E-state index in [4.69, 9.17) is 14.2 Å². The molecule has 24 heavy (non-hydrogen) atoms. The van der Waals surface area contributed by atoms with Crippen LogP contribution in [-0.4, -0.2) is 33.4 Å². The van der Waals surface area contributed by atoms with Gasteiger partial charge in [0, 0.05) is 0 Å². The zero-order valence-electron chi connectivity index (χ0n) is 14.2. The summed E-state index contributed by atoms with van der Waals surface area (Å²) in [7, 11) is 4.76. The standard InChI is InChI=1S/C19H20O4S/c1-21-14-8-5-13(6-9-14)7-10-16(20)15-11-18(23-3)19(24-4)12-17(15)22-2/h5-12H,1-4H3/b10-7+. The van der Waals surface area contributed by atoms with Crippen molar-refractivity contribution < 1.29 is 19.0 Å². The molecule has 2 aromatic carbocycles. The van der Waals surface area contributed by atoms with Gasteiger partial charge in [-0.2, -0.15) is 0 Å². The van der Waals surface area contributed by atoms with Crippen LogP contribution in [0.4, 0.5) is 0 Å². The molecule has 0 aliphatic carbocycles. The van der Waals surface area contributed by atoms with E-state index in [2.05, 4.69) is 0 Å². The number of methoxy groups -OCH3 is 3. The van der Waals surface area contributed by atoms with Gasteiger partial charge in [-0.1, -0.05) is 18.2 Å². The smallest absolute Gasteiger partial charge is 0.189 e. The Kier molecular flexibility index (Phi) is 6.32. The van der Waals surface area contributed by atoms with Gasteiger partial charge in [-0.25, -0.2) is 0 Å². The third-order valence-corrected chi connectivity index (χ3v) is 4.27. The molecule has 0 saturated heterocycles. The number of carbonyl (C=O) groups is 1. The van der Waals surface area contributed by atoms with E-state index in [0.717, 1.165) is 16.2 Å². The van der Waals surface area contributed by atoms with Crippen LogP contribution in [0, 0.1) is 0 Å². The second kappa shape index (κ2) is 8.45. The van der Waals surface area contributed by atoms with Crippen LogP contribution >= 0.6 is 11.8 Å². The number of allylic oxidation sites excluding steroid dienone is 1. The Labute approximate surface area is 146 Å². The molecule has 4 nitrogen and oxygen atoms in total. The molecule has 0 bridgehead atoms. The average Bonchev–Trinajstić information content (AvgIpc) is 2.65. The first kappa shape index (κ1) is 17.9. The third-order valence-electron chi connectivity index (χ3n) is 3.51. The van der Waals surface area contributed by atoms with Gasteiger partial charge in [0.15, 0.2) is 5.78 Å². The number of hydrogen-bond donors (Lipinski definition) is 0.